The lowest BCUT2D eigenvalue weighted by Gasteiger charge is -2.24. The van der Waals surface area contributed by atoms with E-state index in [2.05, 4.69) is 10.3 Å². The monoisotopic (exact) mass is 351 g/mol. The Kier molecular flexibility index (Phi) is 6.39. The van der Waals surface area contributed by atoms with E-state index in [1.165, 1.54) is 0 Å². The molecule has 2 aromatic rings. The molecule has 0 bridgehead atoms. The Balaban J connectivity index is 1.73. The number of hydrogen-bond donors (Lipinski definition) is 1. The molecule has 1 aromatic carbocycles. The summed E-state index contributed by atoms with van der Waals surface area (Å²) in [7, 11) is 1.79. The molecule has 1 fully saturated rings. The number of amides is 1. The van der Waals surface area contributed by atoms with Crippen molar-refractivity contribution in [2.24, 2.45) is 0 Å². The summed E-state index contributed by atoms with van der Waals surface area (Å²) in [4.78, 5) is 19.1. The molecule has 26 heavy (non-hydrogen) atoms. The molecule has 1 unspecified atom stereocenters. The third-order valence-electron chi connectivity index (χ3n) is 4.43. The predicted octanol–water partition coefficient (Wildman–Crippen LogP) is 3.46. The van der Waals surface area contributed by atoms with E-state index in [4.69, 9.17) is 4.74 Å². The zero-order valence-electron chi connectivity index (χ0n) is 15.1. The highest BCUT2D eigenvalue weighted by Crippen LogP contribution is 2.16. The van der Waals surface area contributed by atoms with Gasteiger partial charge >= 0.3 is 0 Å². The highest BCUT2D eigenvalue weighted by Gasteiger charge is 2.23. The van der Waals surface area contributed by atoms with Crippen molar-refractivity contribution in [1.82, 2.24) is 9.88 Å². The van der Waals surface area contributed by atoms with Gasteiger partial charge in [0, 0.05) is 38.5 Å². The number of pyridine rings is 1. The Bertz CT molecular complexity index is 740. The van der Waals surface area contributed by atoms with Crippen molar-refractivity contribution in [2.45, 2.75) is 18.9 Å². The van der Waals surface area contributed by atoms with Crippen LogP contribution < -0.4 is 5.32 Å². The summed E-state index contributed by atoms with van der Waals surface area (Å²) in [6, 6.07) is 13.6. The number of nitrogens with zero attached hydrogens (tertiary/aromatic N) is 2. The molecule has 3 rings (SSSR count). The predicted molar refractivity (Wildman–Crippen MR) is 104 cm³/mol. The van der Waals surface area contributed by atoms with Gasteiger partial charge in [0.1, 0.15) is 5.82 Å². The Morgan fingerprint density at radius 3 is 2.92 bits per heavy atom. The first-order valence-corrected chi connectivity index (χ1v) is 9.02. The summed E-state index contributed by atoms with van der Waals surface area (Å²) < 4.78 is 5.74. The first kappa shape index (κ1) is 18.1. The highest BCUT2D eigenvalue weighted by atomic mass is 16.5. The Morgan fingerprint density at radius 2 is 2.19 bits per heavy atom. The molecule has 1 amide bonds. The number of carbonyl (C=O) groups excluding carboxylic acids is 1. The number of anilines is 1. The van der Waals surface area contributed by atoms with Crippen LogP contribution >= 0.6 is 0 Å². The van der Waals surface area contributed by atoms with Crippen LogP contribution in [-0.4, -0.2) is 48.6 Å². The molecule has 1 aliphatic heterocycles. The minimum absolute atomic E-state index is 0.00267. The number of aromatic nitrogens is 1. The maximum absolute atomic E-state index is 13.0. The van der Waals surface area contributed by atoms with Crippen LogP contribution in [0.3, 0.4) is 0 Å². The number of ether oxygens (including phenoxy) is 1. The number of hydrogen-bond acceptors (Lipinski definition) is 4. The molecule has 1 aliphatic rings. The number of nitrogens with one attached hydrogen (secondary N) is 1. The first-order chi connectivity index (χ1) is 12.8. The number of benzene rings is 1. The summed E-state index contributed by atoms with van der Waals surface area (Å²) in [5.41, 5.74) is 1.76. The van der Waals surface area contributed by atoms with Crippen LogP contribution in [0.4, 0.5) is 5.82 Å². The van der Waals surface area contributed by atoms with Gasteiger partial charge in [-0.2, -0.15) is 0 Å². The summed E-state index contributed by atoms with van der Waals surface area (Å²) in [6.07, 6.45) is 7.91. The van der Waals surface area contributed by atoms with Gasteiger partial charge in [-0.3, -0.25) is 4.79 Å². The van der Waals surface area contributed by atoms with Crippen molar-refractivity contribution in [3.8, 4) is 0 Å². The molecule has 0 saturated carbocycles. The van der Waals surface area contributed by atoms with Crippen LogP contribution in [0.1, 0.15) is 28.8 Å². The number of carbonyl (C=O) groups is 1. The fraction of sp³-hybridized carbons (Fsp3) is 0.333. The topological polar surface area (TPSA) is 54.5 Å². The van der Waals surface area contributed by atoms with Gasteiger partial charge in [-0.25, -0.2) is 4.98 Å². The molecule has 2 heterocycles. The average molecular weight is 351 g/mol. The smallest absolute Gasteiger partial charge is 0.254 e. The summed E-state index contributed by atoms with van der Waals surface area (Å²) in [5, 5.41) is 2.98. The quantitative estimate of drug-likeness (QED) is 0.830. The van der Waals surface area contributed by atoms with Gasteiger partial charge in [0.15, 0.2) is 0 Å². The van der Waals surface area contributed by atoms with E-state index in [0.29, 0.717) is 24.5 Å². The van der Waals surface area contributed by atoms with Gasteiger partial charge in [0.25, 0.3) is 5.91 Å². The normalized spacial score (nSPS) is 16.7. The van der Waals surface area contributed by atoms with Crippen LogP contribution in [0.2, 0.25) is 0 Å². The van der Waals surface area contributed by atoms with Crippen LogP contribution in [0, 0.1) is 0 Å². The molecule has 1 saturated heterocycles. The van der Waals surface area contributed by atoms with E-state index in [1.807, 2.05) is 47.4 Å². The fourth-order valence-corrected chi connectivity index (χ4v) is 3.04. The Morgan fingerprint density at radius 1 is 1.35 bits per heavy atom. The molecule has 5 nitrogen and oxygen atoms in total. The Hall–Kier alpha value is -2.66. The Labute approximate surface area is 154 Å². The van der Waals surface area contributed by atoms with Gasteiger partial charge in [-0.1, -0.05) is 42.5 Å². The summed E-state index contributed by atoms with van der Waals surface area (Å²) in [6.45, 7) is 1.94. The second-order valence-corrected chi connectivity index (χ2v) is 6.34. The second-order valence-electron chi connectivity index (χ2n) is 6.34. The molecule has 5 heteroatoms. The maximum atomic E-state index is 13.0. The van der Waals surface area contributed by atoms with E-state index in [-0.39, 0.29) is 12.0 Å². The molecule has 1 atom stereocenters. The van der Waals surface area contributed by atoms with Gasteiger partial charge in [0.2, 0.25) is 0 Å². The van der Waals surface area contributed by atoms with Gasteiger partial charge in [0.05, 0.1) is 6.10 Å². The van der Waals surface area contributed by atoms with Crippen molar-refractivity contribution < 1.29 is 9.53 Å². The van der Waals surface area contributed by atoms with Crippen molar-refractivity contribution in [3.63, 3.8) is 0 Å². The molecule has 1 aromatic heterocycles. The minimum atomic E-state index is -0.00267. The third kappa shape index (κ3) is 4.92. The molecular formula is C21H25N3O2. The molecule has 0 radical (unpaired) electrons. The molecule has 1 N–H and O–H groups in total. The lowest BCUT2D eigenvalue weighted by molar-refractivity contribution is 0.0554. The second kappa shape index (κ2) is 9.15. The van der Waals surface area contributed by atoms with Crippen LogP contribution in [0.25, 0.3) is 6.08 Å². The summed E-state index contributed by atoms with van der Waals surface area (Å²) in [5.74, 6) is 0.685. The lowest BCUT2D eigenvalue weighted by atomic mass is 10.1. The highest BCUT2D eigenvalue weighted by molar-refractivity contribution is 5.95. The third-order valence-corrected chi connectivity index (χ3v) is 4.43. The SMILES string of the molecule is CNc1cc(C(=O)N(C/C=C/c2ccccc2)CC2CCCO2)ccn1. The largest absolute Gasteiger partial charge is 0.376 e. The van der Waals surface area contributed by atoms with Crippen molar-refractivity contribution in [3.05, 3.63) is 65.9 Å². The van der Waals surface area contributed by atoms with E-state index < -0.39 is 0 Å². The first-order valence-electron chi connectivity index (χ1n) is 9.02. The maximum Gasteiger partial charge on any atom is 0.254 e. The van der Waals surface area contributed by atoms with Crippen LogP contribution in [0.5, 0.6) is 0 Å². The van der Waals surface area contributed by atoms with Crippen molar-refractivity contribution in [1.29, 1.82) is 0 Å². The standard InChI is InChI=1S/C21H25N3O2/c1-22-20-15-18(11-12-23-20)21(25)24(16-19-10-6-14-26-19)13-5-9-17-7-3-2-4-8-17/h2-5,7-9,11-12,15,19H,6,10,13-14,16H2,1H3,(H,22,23)/b9-5+. The summed E-state index contributed by atoms with van der Waals surface area (Å²) >= 11 is 0. The van der Waals surface area contributed by atoms with E-state index in [9.17, 15) is 4.79 Å². The zero-order valence-corrected chi connectivity index (χ0v) is 15.1. The fourth-order valence-electron chi connectivity index (χ4n) is 3.04. The van der Waals surface area contributed by atoms with Gasteiger partial charge < -0.3 is 15.0 Å². The van der Waals surface area contributed by atoms with E-state index >= 15 is 0 Å². The van der Waals surface area contributed by atoms with Crippen LogP contribution in [0.15, 0.2) is 54.7 Å². The van der Waals surface area contributed by atoms with Crippen molar-refractivity contribution in [2.75, 3.05) is 32.1 Å². The molecule has 0 aliphatic carbocycles. The lowest BCUT2D eigenvalue weighted by Crippen LogP contribution is -2.37. The van der Waals surface area contributed by atoms with Gasteiger partial charge in [-0.05, 0) is 30.5 Å². The molecule has 136 valence electrons. The zero-order chi connectivity index (χ0) is 18.2. The van der Waals surface area contributed by atoms with E-state index in [0.717, 1.165) is 25.0 Å². The average Bonchev–Trinajstić information content (AvgIpc) is 3.21. The minimum Gasteiger partial charge on any atom is -0.376 e. The van der Waals surface area contributed by atoms with Crippen molar-refractivity contribution >= 4 is 17.8 Å². The van der Waals surface area contributed by atoms with Gasteiger partial charge in [-0.15, -0.1) is 0 Å². The molecular weight excluding hydrogens is 326 g/mol. The van der Waals surface area contributed by atoms with Crippen LogP contribution in [-0.2, 0) is 4.74 Å². The number of rotatable bonds is 7. The molecule has 0 spiro atoms. The van der Waals surface area contributed by atoms with E-state index in [1.54, 1.807) is 25.4 Å².